The highest BCUT2D eigenvalue weighted by atomic mass is 19.1. The number of nitrogens with zero attached hydrogens (tertiary/aromatic N) is 2. The smallest absolute Gasteiger partial charge is 0.272 e. The predicted octanol–water partition coefficient (Wildman–Crippen LogP) is 2.19. The number of hydrogen-bond acceptors (Lipinski definition) is 6. The molecule has 0 radical (unpaired) electrons. The van der Waals surface area contributed by atoms with Gasteiger partial charge in [0.05, 0.1) is 20.8 Å². The SMILES string of the molecule is COc1cc(NC(=O)CN2CCC3(CC2)N=C(c2ccc(F)cc2)C(=O)N3)cc(OC)c1. The lowest BCUT2D eigenvalue weighted by molar-refractivity contribution is -0.119. The van der Waals surface area contributed by atoms with Crippen LogP contribution in [0.15, 0.2) is 47.5 Å². The van der Waals surface area contributed by atoms with E-state index in [2.05, 4.69) is 15.6 Å². The molecule has 2 aliphatic rings. The monoisotopic (exact) mass is 440 g/mol. The van der Waals surface area contributed by atoms with E-state index < -0.39 is 5.66 Å². The molecular weight excluding hydrogens is 415 g/mol. The quantitative estimate of drug-likeness (QED) is 0.719. The maximum Gasteiger partial charge on any atom is 0.272 e. The van der Waals surface area contributed by atoms with Gasteiger partial charge in [-0.05, 0) is 24.3 Å². The zero-order valence-electron chi connectivity index (χ0n) is 18.0. The summed E-state index contributed by atoms with van der Waals surface area (Å²) in [4.78, 5) is 31.7. The summed E-state index contributed by atoms with van der Waals surface area (Å²) >= 11 is 0. The molecule has 0 unspecified atom stereocenters. The number of aliphatic imine (C=N–C) groups is 1. The number of amides is 2. The van der Waals surface area contributed by atoms with E-state index in [1.54, 1.807) is 44.6 Å². The molecule has 2 amide bonds. The summed E-state index contributed by atoms with van der Waals surface area (Å²) in [5.74, 6) is 0.413. The van der Waals surface area contributed by atoms with Gasteiger partial charge in [0.2, 0.25) is 5.91 Å². The van der Waals surface area contributed by atoms with Crippen molar-refractivity contribution in [2.45, 2.75) is 18.5 Å². The lowest BCUT2D eigenvalue weighted by Crippen LogP contribution is -2.52. The van der Waals surface area contributed by atoms with Gasteiger partial charge in [0, 0.05) is 55.4 Å². The number of benzene rings is 2. The van der Waals surface area contributed by atoms with Crippen LogP contribution in [0.25, 0.3) is 0 Å². The fourth-order valence-corrected chi connectivity index (χ4v) is 3.97. The van der Waals surface area contributed by atoms with Gasteiger partial charge in [0.1, 0.15) is 28.7 Å². The van der Waals surface area contributed by atoms with Gasteiger partial charge in [0.15, 0.2) is 0 Å². The highest BCUT2D eigenvalue weighted by molar-refractivity contribution is 6.46. The van der Waals surface area contributed by atoms with Gasteiger partial charge < -0.3 is 20.1 Å². The first-order chi connectivity index (χ1) is 15.4. The van der Waals surface area contributed by atoms with Crippen molar-refractivity contribution in [3.05, 3.63) is 53.8 Å². The van der Waals surface area contributed by atoms with Crippen LogP contribution in [0.5, 0.6) is 11.5 Å². The molecule has 9 heteroatoms. The Labute approximate surface area is 185 Å². The summed E-state index contributed by atoms with van der Waals surface area (Å²) < 4.78 is 23.6. The van der Waals surface area contributed by atoms with Crippen molar-refractivity contribution >= 4 is 23.2 Å². The van der Waals surface area contributed by atoms with Crippen LogP contribution in [-0.4, -0.2) is 61.9 Å². The summed E-state index contributed by atoms with van der Waals surface area (Å²) in [6.45, 7) is 1.43. The minimum Gasteiger partial charge on any atom is -0.497 e. The van der Waals surface area contributed by atoms with E-state index in [4.69, 9.17) is 9.47 Å². The lowest BCUT2D eigenvalue weighted by atomic mass is 9.98. The normalized spacial score (nSPS) is 17.6. The Hall–Kier alpha value is -3.46. The molecule has 2 heterocycles. The van der Waals surface area contributed by atoms with Crippen LogP contribution < -0.4 is 20.1 Å². The molecule has 2 aliphatic heterocycles. The number of methoxy groups -OCH3 is 2. The van der Waals surface area contributed by atoms with Crippen LogP contribution >= 0.6 is 0 Å². The first-order valence-corrected chi connectivity index (χ1v) is 10.3. The molecule has 1 saturated heterocycles. The highest BCUT2D eigenvalue weighted by Gasteiger charge is 2.42. The molecule has 0 bridgehead atoms. The Morgan fingerprint density at radius 1 is 1.12 bits per heavy atom. The van der Waals surface area contributed by atoms with Crippen molar-refractivity contribution < 1.29 is 23.5 Å². The second-order valence-electron chi connectivity index (χ2n) is 7.88. The van der Waals surface area contributed by atoms with E-state index in [9.17, 15) is 14.0 Å². The van der Waals surface area contributed by atoms with Crippen molar-refractivity contribution in [3.8, 4) is 11.5 Å². The zero-order valence-corrected chi connectivity index (χ0v) is 18.0. The van der Waals surface area contributed by atoms with E-state index in [0.29, 0.717) is 54.4 Å². The van der Waals surface area contributed by atoms with E-state index in [0.717, 1.165) is 0 Å². The summed E-state index contributed by atoms with van der Waals surface area (Å²) in [5.41, 5.74) is 0.837. The van der Waals surface area contributed by atoms with Crippen LogP contribution in [0.4, 0.5) is 10.1 Å². The Balaban J connectivity index is 1.35. The number of ether oxygens (including phenoxy) is 2. The largest absolute Gasteiger partial charge is 0.497 e. The standard InChI is InChI=1S/C23H25FN4O4/c1-31-18-11-17(12-19(13-18)32-2)25-20(29)14-28-9-7-23(8-10-28)26-21(22(30)27-23)15-3-5-16(24)6-4-15/h3-6,11-13H,7-10,14H2,1-2H3,(H,25,29)(H,27,30). The van der Waals surface area contributed by atoms with Crippen LogP contribution in [0, 0.1) is 5.82 Å². The maximum absolute atomic E-state index is 13.2. The molecule has 1 fully saturated rings. The first kappa shape index (κ1) is 21.8. The predicted molar refractivity (Wildman–Crippen MR) is 118 cm³/mol. The Morgan fingerprint density at radius 3 is 2.34 bits per heavy atom. The summed E-state index contributed by atoms with van der Waals surface area (Å²) in [5, 5.41) is 5.85. The van der Waals surface area contributed by atoms with E-state index in [1.807, 2.05) is 4.90 Å². The number of anilines is 1. The van der Waals surface area contributed by atoms with Crippen LogP contribution in [0.2, 0.25) is 0 Å². The first-order valence-electron chi connectivity index (χ1n) is 10.3. The second kappa shape index (κ2) is 8.96. The zero-order chi connectivity index (χ0) is 22.7. The van der Waals surface area contributed by atoms with E-state index in [-0.39, 0.29) is 24.2 Å². The number of rotatable bonds is 6. The minimum atomic E-state index is -0.673. The lowest BCUT2D eigenvalue weighted by Gasteiger charge is -2.36. The third kappa shape index (κ3) is 4.72. The van der Waals surface area contributed by atoms with Crippen LogP contribution in [0.1, 0.15) is 18.4 Å². The van der Waals surface area contributed by atoms with Gasteiger partial charge >= 0.3 is 0 Å². The average molecular weight is 440 g/mol. The Morgan fingerprint density at radius 2 is 1.75 bits per heavy atom. The molecule has 8 nitrogen and oxygen atoms in total. The van der Waals surface area contributed by atoms with Crippen LogP contribution in [-0.2, 0) is 9.59 Å². The third-order valence-corrected chi connectivity index (χ3v) is 5.69. The van der Waals surface area contributed by atoms with Crippen molar-refractivity contribution in [2.24, 2.45) is 4.99 Å². The number of carbonyl (C=O) groups excluding carboxylic acids is 2. The van der Waals surface area contributed by atoms with E-state index >= 15 is 0 Å². The molecule has 32 heavy (non-hydrogen) atoms. The van der Waals surface area contributed by atoms with Crippen molar-refractivity contribution in [2.75, 3.05) is 39.2 Å². The van der Waals surface area contributed by atoms with Gasteiger partial charge in [-0.3, -0.25) is 19.5 Å². The van der Waals surface area contributed by atoms with Gasteiger partial charge in [-0.15, -0.1) is 0 Å². The third-order valence-electron chi connectivity index (χ3n) is 5.69. The number of carbonyl (C=O) groups is 2. The van der Waals surface area contributed by atoms with Gasteiger partial charge in [-0.2, -0.15) is 0 Å². The fraction of sp³-hybridized carbons (Fsp3) is 0.348. The second-order valence-corrected chi connectivity index (χ2v) is 7.88. The molecular formula is C23H25FN4O4. The molecule has 0 atom stereocenters. The number of hydrogen-bond donors (Lipinski definition) is 2. The minimum absolute atomic E-state index is 0.151. The van der Waals surface area contributed by atoms with Gasteiger partial charge in [0.25, 0.3) is 5.91 Å². The number of likely N-dealkylation sites (tertiary alicyclic amines) is 1. The van der Waals surface area contributed by atoms with Crippen molar-refractivity contribution in [1.29, 1.82) is 0 Å². The van der Waals surface area contributed by atoms with E-state index in [1.165, 1.54) is 12.1 Å². The molecule has 0 saturated carbocycles. The van der Waals surface area contributed by atoms with Crippen molar-refractivity contribution in [3.63, 3.8) is 0 Å². The molecule has 168 valence electrons. The van der Waals surface area contributed by atoms with Crippen LogP contribution in [0.3, 0.4) is 0 Å². The molecule has 2 aromatic rings. The van der Waals surface area contributed by atoms with Gasteiger partial charge in [-0.25, -0.2) is 4.39 Å². The molecule has 4 rings (SSSR count). The molecule has 2 N–H and O–H groups in total. The molecule has 0 aromatic heterocycles. The molecule has 0 aliphatic carbocycles. The summed E-state index contributed by atoms with van der Waals surface area (Å²) in [7, 11) is 3.10. The molecule has 1 spiro atoms. The highest BCUT2D eigenvalue weighted by Crippen LogP contribution is 2.29. The fourth-order valence-electron chi connectivity index (χ4n) is 3.97. The molecule has 2 aromatic carbocycles. The summed E-state index contributed by atoms with van der Waals surface area (Å²) in [6, 6.07) is 10.9. The average Bonchev–Trinajstić information content (AvgIpc) is 3.11. The van der Waals surface area contributed by atoms with Gasteiger partial charge in [-0.1, -0.05) is 0 Å². The topological polar surface area (TPSA) is 92.3 Å². The number of piperidine rings is 1. The number of nitrogens with one attached hydrogen (secondary N) is 2. The van der Waals surface area contributed by atoms with Crippen molar-refractivity contribution in [1.82, 2.24) is 10.2 Å². The summed E-state index contributed by atoms with van der Waals surface area (Å²) in [6.07, 6.45) is 1.17. The maximum atomic E-state index is 13.2. The number of halogens is 1. The Kier molecular flexibility index (Phi) is 6.09. The Bertz CT molecular complexity index is 1020.